The summed E-state index contributed by atoms with van der Waals surface area (Å²) in [5.74, 6) is -0.240. The van der Waals surface area contributed by atoms with Gasteiger partial charge in [0.2, 0.25) is 0 Å². The summed E-state index contributed by atoms with van der Waals surface area (Å²) in [7, 11) is 0. The standard InChI is InChI=1S/C17H20FNO/c18-17-11-15(12-19)8-9-16(17)13-20-10-4-7-14-5-2-1-3-6-14/h1-3,5-6,8-9,11H,4,7,10,12-13,19H2. The second-order valence-corrected chi connectivity index (χ2v) is 4.77. The van der Waals surface area contributed by atoms with E-state index in [1.807, 2.05) is 24.3 Å². The zero-order chi connectivity index (χ0) is 14.2. The van der Waals surface area contributed by atoms with E-state index in [1.165, 1.54) is 11.6 Å². The maximum atomic E-state index is 13.7. The Hall–Kier alpha value is -1.71. The van der Waals surface area contributed by atoms with Crippen LogP contribution in [0.15, 0.2) is 48.5 Å². The van der Waals surface area contributed by atoms with Gasteiger partial charge in [-0.1, -0.05) is 42.5 Å². The molecule has 0 aliphatic rings. The Morgan fingerprint density at radius 3 is 2.50 bits per heavy atom. The minimum atomic E-state index is -0.240. The third-order valence-electron chi connectivity index (χ3n) is 3.21. The summed E-state index contributed by atoms with van der Waals surface area (Å²) in [5.41, 5.74) is 8.15. The maximum Gasteiger partial charge on any atom is 0.129 e. The molecule has 0 aliphatic heterocycles. The molecule has 0 radical (unpaired) electrons. The Morgan fingerprint density at radius 1 is 1.00 bits per heavy atom. The van der Waals surface area contributed by atoms with Gasteiger partial charge in [-0.25, -0.2) is 4.39 Å². The molecule has 0 spiro atoms. The average molecular weight is 273 g/mol. The molecule has 2 aromatic carbocycles. The fourth-order valence-corrected chi connectivity index (χ4v) is 2.04. The predicted octanol–water partition coefficient (Wildman–Crippen LogP) is 3.43. The number of hydrogen-bond donors (Lipinski definition) is 1. The van der Waals surface area contributed by atoms with E-state index in [4.69, 9.17) is 10.5 Å². The highest BCUT2D eigenvalue weighted by Gasteiger charge is 2.03. The van der Waals surface area contributed by atoms with Crippen molar-refractivity contribution in [3.8, 4) is 0 Å². The van der Waals surface area contributed by atoms with Gasteiger partial charge in [-0.3, -0.25) is 0 Å². The zero-order valence-corrected chi connectivity index (χ0v) is 11.5. The molecule has 0 saturated carbocycles. The van der Waals surface area contributed by atoms with Crippen LogP contribution < -0.4 is 5.73 Å². The molecule has 2 rings (SSSR count). The third kappa shape index (κ3) is 4.44. The van der Waals surface area contributed by atoms with E-state index >= 15 is 0 Å². The van der Waals surface area contributed by atoms with Crippen LogP contribution in [0.1, 0.15) is 23.1 Å². The summed E-state index contributed by atoms with van der Waals surface area (Å²) in [5, 5.41) is 0. The van der Waals surface area contributed by atoms with Crippen molar-refractivity contribution in [1.82, 2.24) is 0 Å². The van der Waals surface area contributed by atoms with Crippen molar-refractivity contribution in [2.45, 2.75) is 26.0 Å². The topological polar surface area (TPSA) is 35.2 Å². The SMILES string of the molecule is NCc1ccc(COCCCc2ccccc2)c(F)c1. The lowest BCUT2D eigenvalue weighted by molar-refractivity contribution is 0.116. The highest BCUT2D eigenvalue weighted by Crippen LogP contribution is 2.12. The molecular weight excluding hydrogens is 253 g/mol. The number of ether oxygens (including phenoxy) is 1. The van der Waals surface area contributed by atoms with Crippen LogP contribution in [0.5, 0.6) is 0 Å². The van der Waals surface area contributed by atoms with Gasteiger partial charge in [0, 0.05) is 18.7 Å². The quantitative estimate of drug-likeness (QED) is 0.784. The fourth-order valence-electron chi connectivity index (χ4n) is 2.04. The molecule has 20 heavy (non-hydrogen) atoms. The van der Waals surface area contributed by atoms with Crippen molar-refractivity contribution in [3.63, 3.8) is 0 Å². The van der Waals surface area contributed by atoms with Gasteiger partial charge in [0.05, 0.1) is 6.61 Å². The van der Waals surface area contributed by atoms with Gasteiger partial charge in [0.25, 0.3) is 0 Å². The molecule has 106 valence electrons. The smallest absolute Gasteiger partial charge is 0.129 e. The number of aryl methyl sites for hydroxylation is 1. The Morgan fingerprint density at radius 2 is 1.80 bits per heavy atom. The summed E-state index contributed by atoms with van der Waals surface area (Å²) in [4.78, 5) is 0. The van der Waals surface area contributed by atoms with E-state index < -0.39 is 0 Å². The van der Waals surface area contributed by atoms with Crippen LogP contribution in [0.3, 0.4) is 0 Å². The number of hydrogen-bond acceptors (Lipinski definition) is 2. The number of halogens is 1. The molecule has 2 N–H and O–H groups in total. The van der Waals surface area contributed by atoms with Gasteiger partial charge in [-0.05, 0) is 30.0 Å². The molecule has 3 heteroatoms. The minimum Gasteiger partial charge on any atom is -0.377 e. The maximum absolute atomic E-state index is 13.7. The Balaban J connectivity index is 1.71. The van der Waals surface area contributed by atoms with Crippen LogP contribution in [0.25, 0.3) is 0 Å². The molecule has 0 unspecified atom stereocenters. The monoisotopic (exact) mass is 273 g/mol. The molecular formula is C17H20FNO. The van der Waals surface area contributed by atoms with E-state index in [0.29, 0.717) is 25.3 Å². The highest BCUT2D eigenvalue weighted by atomic mass is 19.1. The van der Waals surface area contributed by atoms with E-state index in [0.717, 1.165) is 18.4 Å². The molecule has 0 amide bonds. The van der Waals surface area contributed by atoms with Crippen molar-refractivity contribution in [2.24, 2.45) is 5.73 Å². The molecule has 0 aromatic heterocycles. The molecule has 2 nitrogen and oxygen atoms in total. The van der Waals surface area contributed by atoms with Crippen molar-refractivity contribution < 1.29 is 9.13 Å². The van der Waals surface area contributed by atoms with Gasteiger partial charge in [-0.15, -0.1) is 0 Å². The largest absolute Gasteiger partial charge is 0.377 e. The second kappa shape index (κ2) is 7.78. The lowest BCUT2D eigenvalue weighted by Crippen LogP contribution is -2.02. The molecule has 0 aliphatic carbocycles. The lowest BCUT2D eigenvalue weighted by Gasteiger charge is -2.07. The lowest BCUT2D eigenvalue weighted by atomic mass is 10.1. The van der Waals surface area contributed by atoms with Crippen LogP contribution in [0.2, 0.25) is 0 Å². The molecule has 0 bridgehead atoms. The van der Waals surface area contributed by atoms with E-state index in [9.17, 15) is 4.39 Å². The summed E-state index contributed by atoms with van der Waals surface area (Å²) >= 11 is 0. The van der Waals surface area contributed by atoms with Gasteiger partial charge >= 0.3 is 0 Å². The minimum absolute atomic E-state index is 0.240. The molecule has 0 atom stereocenters. The third-order valence-corrected chi connectivity index (χ3v) is 3.21. The molecule has 0 heterocycles. The first-order chi connectivity index (χ1) is 9.79. The zero-order valence-electron chi connectivity index (χ0n) is 11.5. The highest BCUT2D eigenvalue weighted by molar-refractivity contribution is 5.23. The van der Waals surface area contributed by atoms with Crippen LogP contribution in [0, 0.1) is 5.82 Å². The summed E-state index contributed by atoms with van der Waals surface area (Å²) in [6.07, 6.45) is 1.92. The van der Waals surface area contributed by atoms with Gasteiger partial charge in [-0.2, -0.15) is 0 Å². The fraction of sp³-hybridized carbons (Fsp3) is 0.294. The summed E-state index contributed by atoms with van der Waals surface area (Å²) in [6, 6.07) is 15.3. The first-order valence-corrected chi connectivity index (χ1v) is 6.88. The van der Waals surface area contributed by atoms with E-state index in [-0.39, 0.29) is 5.82 Å². The number of benzene rings is 2. The Labute approximate surface area is 119 Å². The van der Waals surface area contributed by atoms with Gasteiger partial charge in [0.15, 0.2) is 0 Å². The van der Waals surface area contributed by atoms with E-state index in [2.05, 4.69) is 12.1 Å². The second-order valence-electron chi connectivity index (χ2n) is 4.77. The summed E-state index contributed by atoms with van der Waals surface area (Å²) in [6.45, 7) is 1.30. The Bertz CT molecular complexity index is 528. The van der Waals surface area contributed by atoms with Crippen molar-refractivity contribution in [2.75, 3.05) is 6.61 Å². The van der Waals surface area contributed by atoms with Crippen LogP contribution in [0.4, 0.5) is 4.39 Å². The van der Waals surface area contributed by atoms with Crippen LogP contribution >= 0.6 is 0 Å². The Kier molecular flexibility index (Phi) is 5.71. The van der Waals surface area contributed by atoms with Gasteiger partial charge in [0.1, 0.15) is 5.82 Å². The van der Waals surface area contributed by atoms with Crippen LogP contribution in [-0.4, -0.2) is 6.61 Å². The molecule has 2 aromatic rings. The normalized spacial score (nSPS) is 10.7. The van der Waals surface area contributed by atoms with Crippen molar-refractivity contribution in [3.05, 3.63) is 71.0 Å². The first kappa shape index (κ1) is 14.7. The van der Waals surface area contributed by atoms with Crippen LogP contribution in [-0.2, 0) is 24.3 Å². The molecule has 0 fully saturated rings. The van der Waals surface area contributed by atoms with Gasteiger partial charge < -0.3 is 10.5 Å². The number of rotatable bonds is 7. The van der Waals surface area contributed by atoms with E-state index in [1.54, 1.807) is 6.07 Å². The van der Waals surface area contributed by atoms with Crippen molar-refractivity contribution >= 4 is 0 Å². The average Bonchev–Trinajstić information content (AvgIpc) is 2.49. The first-order valence-electron chi connectivity index (χ1n) is 6.88. The molecule has 0 saturated heterocycles. The van der Waals surface area contributed by atoms with Crippen molar-refractivity contribution in [1.29, 1.82) is 0 Å². The number of nitrogens with two attached hydrogens (primary N) is 1. The summed E-state index contributed by atoms with van der Waals surface area (Å²) < 4.78 is 19.2. The predicted molar refractivity (Wildman–Crippen MR) is 78.7 cm³/mol.